The van der Waals surface area contributed by atoms with Crippen LogP contribution < -0.4 is 4.74 Å². The van der Waals surface area contributed by atoms with Crippen LogP contribution in [0.2, 0.25) is 0 Å². The summed E-state index contributed by atoms with van der Waals surface area (Å²) in [6, 6.07) is 5.30. The summed E-state index contributed by atoms with van der Waals surface area (Å²) in [4.78, 5) is 24.0. The van der Waals surface area contributed by atoms with Gasteiger partial charge in [0.05, 0.1) is 14.2 Å². The van der Waals surface area contributed by atoms with Gasteiger partial charge in [0.25, 0.3) is 0 Å². The molecule has 108 valence electrons. The van der Waals surface area contributed by atoms with Crippen molar-refractivity contribution in [3.8, 4) is 5.75 Å². The molecule has 1 aliphatic rings. The first-order valence-electron chi connectivity index (χ1n) is 6.31. The first-order chi connectivity index (χ1) is 9.56. The topological polar surface area (TPSA) is 76.1 Å². The molecule has 1 atom stereocenters. The van der Waals surface area contributed by atoms with Crippen LogP contribution in [0.15, 0.2) is 18.2 Å². The largest absolute Gasteiger partial charge is 0.496 e. The molecule has 1 aromatic rings. The maximum absolute atomic E-state index is 11.7. The van der Waals surface area contributed by atoms with Crippen LogP contribution in [0.25, 0.3) is 0 Å². The van der Waals surface area contributed by atoms with Crippen LogP contribution in [0.5, 0.6) is 5.75 Å². The number of rotatable bonds is 3. The van der Waals surface area contributed by atoms with Crippen LogP contribution in [0.1, 0.15) is 28.3 Å². The normalized spacial score (nSPS) is 17.9. The van der Waals surface area contributed by atoms with E-state index in [1.807, 2.05) is 6.07 Å². The lowest BCUT2D eigenvalue weighted by atomic mass is 9.96. The zero-order valence-corrected chi connectivity index (χ0v) is 11.5. The Morgan fingerprint density at radius 3 is 2.65 bits per heavy atom. The van der Waals surface area contributed by atoms with Gasteiger partial charge in [0.2, 0.25) is 0 Å². The second-order valence-corrected chi connectivity index (χ2v) is 4.67. The average molecular weight is 279 g/mol. The van der Waals surface area contributed by atoms with E-state index in [0.717, 1.165) is 12.0 Å². The number of carbonyl (C=O) groups excluding carboxylic acids is 1. The zero-order chi connectivity index (χ0) is 14.7. The Morgan fingerprint density at radius 2 is 2.10 bits per heavy atom. The first kappa shape index (κ1) is 14.2. The molecule has 0 aromatic heterocycles. The van der Waals surface area contributed by atoms with Gasteiger partial charge in [-0.25, -0.2) is 9.59 Å². The summed E-state index contributed by atoms with van der Waals surface area (Å²) in [5, 5.41) is 8.97. The number of hydrogen-bond donors (Lipinski definition) is 1. The standard InChI is InChI=1S/C14H17NO5/c1-19-12-4-3-9(7-11(12)13(16)20-2)10-5-6-15(8-10)14(17)18/h3-4,7,10H,5-6,8H2,1-2H3,(H,17,18). The number of methoxy groups -OCH3 is 2. The Hall–Kier alpha value is -2.24. The fourth-order valence-electron chi connectivity index (χ4n) is 2.46. The molecule has 0 bridgehead atoms. The molecule has 1 aromatic carbocycles. The average Bonchev–Trinajstić information content (AvgIpc) is 2.95. The molecule has 6 heteroatoms. The van der Waals surface area contributed by atoms with E-state index in [9.17, 15) is 9.59 Å². The lowest BCUT2D eigenvalue weighted by Gasteiger charge is -2.14. The highest BCUT2D eigenvalue weighted by Crippen LogP contribution is 2.30. The second kappa shape index (κ2) is 5.81. The predicted molar refractivity (Wildman–Crippen MR) is 71.3 cm³/mol. The predicted octanol–water partition coefficient (Wildman–Crippen LogP) is 1.95. The number of nitrogens with zero attached hydrogens (tertiary/aromatic N) is 1. The van der Waals surface area contributed by atoms with Gasteiger partial charge in [-0.05, 0) is 24.1 Å². The minimum absolute atomic E-state index is 0.0976. The highest BCUT2D eigenvalue weighted by molar-refractivity contribution is 5.92. The zero-order valence-electron chi connectivity index (χ0n) is 11.5. The van der Waals surface area contributed by atoms with Crippen molar-refractivity contribution in [3.05, 3.63) is 29.3 Å². The molecule has 2 rings (SSSR count). The Balaban J connectivity index is 2.25. The quantitative estimate of drug-likeness (QED) is 0.856. The van der Waals surface area contributed by atoms with Gasteiger partial charge in [0.15, 0.2) is 0 Å². The van der Waals surface area contributed by atoms with E-state index >= 15 is 0 Å². The first-order valence-corrected chi connectivity index (χ1v) is 6.31. The van der Waals surface area contributed by atoms with Gasteiger partial charge in [0.1, 0.15) is 11.3 Å². The third kappa shape index (κ3) is 2.68. The lowest BCUT2D eigenvalue weighted by molar-refractivity contribution is 0.0597. The van der Waals surface area contributed by atoms with Crippen LogP contribution in [-0.4, -0.2) is 49.4 Å². The van der Waals surface area contributed by atoms with Crippen LogP contribution in [0.4, 0.5) is 4.79 Å². The molecule has 1 fully saturated rings. The molecule has 1 unspecified atom stereocenters. The molecule has 1 aliphatic heterocycles. The lowest BCUT2D eigenvalue weighted by Crippen LogP contribution is -2.26. The number of benzene rings is 1. The summed E-state index contributed by atoms with van der Waals surface area (Å²) < 4.78 is 9.87. The Labute approximate surface area is 116 Å². The van der Waals surface area contributed by atoms with Crippen molar-refractivity contribution in [2.24, 2.45) is 0 Å². The minimum atomic E-state index is -0.908. The molecule has 1 N–H and O–H groups in total. The van der Waals surface area contributed by atoms with Crippen molar-refractivity contribution in [1.82, 2.24) is 4.90 Å². The molecular formula is C14H17NO5. The molecular weight excluding hydrogens is 262 g/mol. The van der Waals surface area contributed by atoms with Crippen LogP contribution in [0.3, 0.4) is 0 Å². The molecule has 0 spiro atoms. The number of carbonyl (C=O) groups is 2. The highest BCUT2D eigenvalue weighted by atomic mass is 16.5. The molecule has 1 heterocycles. The number of ether oxygens (including phenoxy) is 2. The van der Waals surface area contributed by atoms with Crippen LogP contribution in [-0.2, 0) is 4.74 Å². The van der Waals surface area contributed by atoms with Crippen LogP contribution >= 0.6 is 0 Å². The second-order valence-electron chi connectivity index (χ2n) is 4.67. The van der Waals surface area contributed by atoms with Crippen molar-refractivity contribution in [1.29, 1.82) is 0 Å². The van der Waals surface area contributed by atoms with Crippen molar-refractivity contribution >= 4 is 12.1 Å². The minimum Gasteiger partial charge on any atom is -0.496 e. The molecule has 6 nitrogen and oxygen atoms in total. The van der Waals surface area contributed by atoms with Gasteiger partial charge in [0, 0.05) is 19.0 Å². The molecule has 1 amide bonds. The highest BCUT2D eigenvalue weighted by Gasteiger charge is 2.28. The fourth-order valence-corrected chi connectivity index (χ4v) is 2.46. The summed E-state index contributed by atoms with van der Waals surface area (Å²) in [7, 11) is 2.80. The van der Waals surface area contributed by atoms with Crippen LogP contribution in [0, 0.1) is 0 Å². The monoisotopic (exact) mass is 279 g/mol. The van der Waals surface area contributed by atoms with E-state index < -0.39 is 12.1 Å². The van der Waals surface area contributed by atoms with E-state index in [4.69, 9.17) is 14.6 Å². The molecule has 0 aliphatic carbocycles. The van der Waals surface area contributed by atoms with Gasteiger partial charge in [-0.3, -0.25) is 0 Å². The summed E-state index contributed by atoms with van der Waals surface area (Å²) in [6.45, 7) is 0.960. The SMILES string of the molecule is COC(=O)c1cc(C2CCN(C(=O)O)C2)ccc1OC. The fraction of sp³-hybridized carbons (Fsp3) is 0.429. The molecule has 0 radical (unpaired) electrons. The summed E-state index contributed by atoms with van der Waals surface area (Å²) in [5.41, 5.74) is 1.29. The van der Waals surface area contributed by atoms with Crippen molar-refractivity contribution < 1.29 is 24.2 Å². The number of amides is 1. The number of esters is 1. The molecule has 20 heavy (non-hydrogen) atoms. The van der Waals surface area contributed by atoms with Crippen molar-refractivity contribution in [2.75, 3.05) is 27.3 Å². The Kier molecular flexibility index (Phi) is 4.12. The molecule has 0 saturated carbocycles. The van der Waals surface area contributed by atoms with Crippen molar-refractivity contribution in [3.63, 3.8) is 0 Å². The maximum atomic E-state index is 11.7. The summed E-state index contributed by atoms with van der Waals surface area (Å²) in [6.07, 6.45) is -0.159. The van der Waals surface area contributed by atoms with E-state index in [1.165, 1.54) is 19.1 Å². The third-order valence-electron chi connectivity index (χ3n) is 3.56. The van der Waals surface area contributed by atoms with Gasteiger partial charge in [-0.1, -0.05) is 6.07 Å². The van der Waals surface area contributed by atoms with Gasteiger partial charge < -0.3 is 19.5 Å². The summed E-state index contributed by atoms with van der Waals surface area (Å²) in [5.74, 6) is 0.0888. The smallest absolute Gasteiger partial charge is 0.407 e. The number of hydrogen-bond acceptors (Lipinski definition) is 4. The van der Waals surface area contributed by atoms with Crippen molar-refractivity contribution in [2.45, 2.75) is 12.3 Å². The van der Waals surface area contributed by atoms with E-state index in [-0.39, 0.29) is 5.92 Å². The summed E-state index contributed by atoms with van der Waals surface area (Å²) >= 11 is 0. The number of carboxylic acid groups (broad SMARTS) is 1. The maximum Gasteiger partial charge on any atom is 0.407 e. The van der Waals surface area contributed by atoms with Gasteiger partial charge in [-0.15, -0.1) is 0 Å². The van der Waals surface area contributed by atoms with E-state index in [0.29, 0.717) is 24.4 Å². The number of likely N-dealkylation sites (tertiary alicyclic amines) is 1. The Morgan fingerprint density at radius 1 is 1.35 bits per heavy atom. The van der Waals surface area contributed by atoms with E-state index in [2.05, 4.69) is 0 Å². The molecule has 1 saturated heterocycles. The Bertz CT molecular complexity index is 528. The third-order valence-corrected chi connectivity index (χ3v) is 3.56. The van der Waals surface area contributed by atoms with Gasteiger partial charge >= 0.3 is 12.1 Å². The van der Waals surface area contributed by atoms with Gasteiger partial charge in [-0.2, -0.15) is 0 Å². The van der Waals surface area contributed by atoms with E-state index in [1.54, 1.807) is 12.1 Å².